The van der Waals surface area contributed by atoms with Gasteiger partial charge in [0.15, 0.2) is 0 Å². The molecule has 0 aliphatic heterocycles. The zero-order chi connectivity index (χ0) is 12.3. The molecule has 90 valence electrons. The van der Waals surface area contributed by atoms with Gasteiger partial charge in [-0.25, -0.2) is 4.39 Å². The van der Waals surface area contributed by atoms with Crippen LogP contribution in [-0.4, -0.2) is 5.38 Å². The predicted molar refractivity (Wildman–Crippen MR) is 68.8 cm³/mol. The smallest absolute Gasteiger partial charge is 0.124 e. The van der Waals surface area contributed by atoms with E-state index in [0.29, 0.717) is 16.9 Å². The minimum atomic E-state index is -0.297. The molecule has 3 heteroatoms. The van der Waals surface area contributed by atoms with Crippen molar-refractivity contribution in [1.29, 1.82) is 0 Å². The first-order valence-electron chi connectivity index (χ1n) is 5.49. The van der Waals surface area contributed by atoms with Crippen LogP contribution in [0, 0.1) is 17.7 Å². The highest BCUT2D eigenvalue weighted by molar-refractivity contribution is 6.31. The lowest BCUT2D eigenvalue weighted by molar-refractivity contribution is 0.376. The first-order chi connectivity index (χ1) is 7.41. The SMILES string of the molecule is CC(C)C(Cc1ccc(F)cc1Cl)C(C)Cl. The summed E-state index contributed by atoms with van der Waals surface area (Å²) in [6.07, 6.45) is 0.793. The van der Waals surface area contributed by atoms with Crippen LogP contribution in [0.1, 0.15) is 26.3 Å². The molecule has 2 unspecified atom stereocenters. The second-order valence-corrected chi connectivity index (χ2v) is 5.62. The molecule has 0 N–H and O–H groups in total. The first-order valence-corrected chi connectivity index (χ1v) is 6.31. The van der Waals surface area contributed by atoms with Crippen molar-refractivity contribution in [3.63, 3.8) is 0 Å². The van der Waals surface area contributed by atoms with E-state index in [1.165, 1.54) is 12.1 Å². The van der Waals surface area contributed by atoms with Crippen LogP contribution in [0.2, 0.25) is 5.02 Å². The van der Waals surface area contributed by atoms with Gasteiger partial charge in [0.05, 0.1) is 0 Å². The topological polar surface area (TPSA) is 0 Å². The normalized spacial score (nSPS) is 15.2. The zero-order valence-corrected chi connectivity index (χ0v) is 11.3. The summed E-state index contributed by atoms with van der Waals surface area (Å²) in [5, 5.41) is 0.573. The number of halogens is 3. The van der Waals surface area contributed by atoms with Gasteiger partial charge in [-0.2, -0.15) is 0 Å². The third-order valence-corrected chi connectivity index (χ3v) is 3.59. The summed E-state index contributed by atoms with van der Waals surface area (Å²) in [5.41, 5.74) is 0.967. The van der Waals surface area contributed by atoms with Crippen molar-refractivity contribution in [2.24, 2.45) is 11.8 Å². The largest absolute Gasteiger partial charge is 0.207 e. The molecule has 0 saturated carbocycles. The Balaban J connectivity index is 2.85. The van der Waals surface area contributed by atoms with Crippen LogP contribution in [0.5, 0.6) is 0 Å². The quantitative estimate of drug-likeness (QED) is 0.676. The molecule has 0 saturated heterocycles. The van der Waals surface area contributed by atoms with Crippen LogP contribution >= 0.6 is 23.2 Å². The van der Waals surface area contributed by atoms with Crippen LogP contribution in [0.25, 0.3) is 0 Å². The second kappa shape index (κ2) is 5.88. The molecular formula is C13H17Cl2F. The van der Waals surface area contributed by atoms with Crippen molar-refractivity contribution in [2.45, 2.75) is 32.6 Å². The van der Waals surface area contributed by atoms with E-state index in [2.05, 4.69) is 13.8 Å². The number of alkyl halides is 1. The van der Waals surface area contributed by atoms with E-state index < -0.39 is 0 Å². The minimum Gasteiger partial charge on any atom is -0.207 e. The Morgan fingerprint density at radius 2 is 1.88 bits per heavy atom. The maximum absolute atomic E-state index is 12.9. The van der Waals surface area contributed by atoms with Crippen LogP contribution in [0.3, 0.4) is 0 Å². The Hall–Kier alpha value is -0.270. The molecule has 0 aliphatic rings. The van der Waals surface area contributed by atoms with Gasteiger partial charge < -0.3 is 0 Å². The molecule has 0 aromatic heterocycles. The van der Waals surface area contributed by atoms with E-state index in [1.54, 1.807) is 6.07 Å². The van der Waals surface area contributed by atoms with E-state index in [0.717, 1.165) is 12.0 Å². The first kappa shape index (κ1) is 13.8. The molecule has 0 amide bonds. The van der Waals surface area contributed by atoms with Gasteiger partial charge in [-0.15, -0.1) is 11.6 Å². The average Bonchev–Trinajstić information content (AvgIpc) is 2.15. The summed E-state index contributed by atoms with van der Waals surface area (Å²) in [5.74, 6) is 0.534. The molecule has 0 spiro atoms. The van der Waals surface area contributed by atoms with Gasteiger partial charge in [0, 0.05) is 10.4 Å². The van der Waals surface area contributed by atoms with E-state index in [9.17, 15) is 4.39 Å². The third-order valence-electron chi connectivity index (χ3n) is 2.92. The molecule has 0 aliphatic carbocycles. The van der Waals surface area contributed by atoms with Gasteiger partial charge in [0.25, 0.3) is 0 Å². The lowest BCUT2D eigenvalue weighted by atomic mass is 9.87. The number of rotatable bonds is 4. The van der Waals surface area contributed by atoms with E-state index in [4.69, 9.17) is 23.2 Å². The Labute approximate surface area is 107 Å². The fourth-order valence-corrected chi connectivity index (χ4v) is 2.49. The fourth-order valence-electron chi connectivity index (χ4n) is 1.87. The standard InChI is InChI=1S/C13H17Cl2F/c1-8(2)12(9(3)14)6-10-4-5-11(16)7-13(10)15/h4-5,7-9,12H,6H2,1-3H3. The van der Waals surface area contributed by atoms with Crippen LogP contribution in [0.4, 0.5) is 4.39 Å². The molecule has 1 aromatic carbocycles. The van der Waals surface area contributed by atoms with Gasteiger partial charge in [-0.05, 0) is 42.9 Å². The molecule has 0 nitrogen and oxygen atoms in total. The summed E-state index contributed by atoms with van der Waals surface area (Å²) < 4.78 is 12.9. The highest BCUT2D eigenvalue weighted by Gasteiger charge is 2.20. The van der Waals surface area contributed by atoms with Gasteiger partial charge in [0.1, 0.15) is 5.82 Å². The number of benzene rings is 1. The van der Waals surface area contributed by atoms with Crippen molar-refractivity contribution in [3.05, 3.63) is 34.6 Å². The van der Waals surface area contributed by atoms with Crippen LogP contribution < -0.4 is 0 Å². The Bertz CT molecular complexity index is 340. The number of hydrogen-bond donors (Lipinski definition) is 0. The van der Waals surface area contributed by atoms with Gasteiger partial charge in [-0.3, -0.25) is 0 Å². The zero-order valence-electron chi connectivity index (χ0n) is 9.81. The molecule has 1 aromatic rings. The Morgan fingerprint density at radius 1 is 1.25 bits per heavy atom. The summed E-state index contributed by atoms with van der Waals surface area (Å²) >= 11 is 12.2. The monoisotopic (exact) mass is 262 g/mol. The van der Waals surface area contributed by atoms with Gasteiger partial charge >= 0.3 is 0 Å². The van der Waals surface area contributed by atoms with E-state index in [-0.39, 0.29) is 11.2 Å². The molecular weight excluding hydrogens is 246 g/mol. The lowest BCUT2D eigenvalue weighted by Crippen LogP contribution is -2.20. The molecule has 0 fully saturated rings. The van der Waals surface area contributed by atoms with Crippen molar-refractivity contribution in [2.75, 3.05) is 0 Å². The summed E-state index contributed by atoms with van der Waals surface area (Å²) in [4.78, 5) is 0. The van der Waals surface area contributed by atoms with E-state index in [1.807, 2.05) is 6.92 Å². The molecule has 0 radical (unpaired) electrons. The Kier molecular flexibility index (Phi) is 5.07. The maximum atomic E-state index is 12.9. The third kappa shape index (κ3) is 3.64. The highest BCUT2D eigenvalue weighted by Crippen LogP contribution is 2.28. The van der Waals surface area contributed by atoms with Crippen molar-refractivity contribution < 1.29 is 4.39 Å². The molecule has 0 heterocycles. The Morgan fingerprint density at radius 3 is 2.31 bits per heavy atom. The lowest BCUT2D eigenvalue weighted by Gasteiger charge is -2.23. The van der Waals surface area contributed by atoms with Gasteiger partial charge in [0.2, 0.25) is 0 Å². The number of hydrogen-bond acceptors (Lipinski definition) is 0. The highest BCUT2D eigenvalue weighted by atomic mass is 35.5. The van der Waals surface area contributed by atoms with Crippen molar-refractivity contribution in [1.82, 2.24) is 0 Å². The second-order valence-electron chi connectivity index (χ2n) is 4.53. The van der Waals surface area contributed by atoms with Crippen molar-refractivity contribution in [3.8, 4) is 0 Å². The fraction of sp³-hybridized carbons (Fsp3) is 0.538. The average molecular weight is 263 g/mol. The molecule has 0 bridgehead atoms. The van der Waals surface area contributed by atoms with Crippen molar-refractivity contribution >= 4 is 23.2 Å². The van der Waals surface area contributed by atoms with Crippen LogP contribution in [-0.2, 0) is 6.42 Å². The summed E-state index contributed by atoms with van der Waals surface area (Å²) in [6, 6.07) is 4.54. The molecule has 2 atom stereocenters. The summed E-state index contributed by atoms with van der Waals surface area (Å²) in [6.45, 7) is 6.27. The summed E-state index contributed by atoms with van der Waals surface area (Å²) in [7, 11) is 0. The predicted octanol–water partition coefficient (Wildman–Crippen LogP) is 4.92. The minimum absolute atomic E-state index is 0.0844. The van der Waals surface area contributed by atoms with E-state index >= 15 is 0 Å². The van der Waals surface area contributed by atoms with Crippen LogP contribution in [0.15, 0.2) is 18.2 Å². The molecule has 1 rings (SSSR count). The maximum Gasteiger partial charge on any atom is 0.124 e. The van der Waals surface area contributed by atoms with Gasteiger partial charge in [-0.1, -0.05) is 31.5 Å². The molecule has 16 heavy (non-hydrogen) atoms.